The van der Waals surface area contributed by atoms with Crippen LogP contribution in [0.25, 0.3) is 0 Å². The zero-order chi connectivity index (χ0) is 7.56. The van der Waals surface area contributed by atoms with Crippen molar-refractivity contribution in [2.75, 3.05) is 12.4 Å². The summed E-state index contributed by atoms with van der Waals surface area (Å²) in [6.07, 6.45) is 0. The highest BCUT2D eigenvalue weighted by Gasteiger charge is 1.97. The van der Waals surface area contributed by atoms with E-state index >= 15 is 0 Å². The molecule has 0 saturated carbocycles. The molecular weight excluding hydrogens is 131 g/mol. The van der Waals surface area contributed by atoms with Crippen LogP contribution in [0.1, 0.15) is 5.56 Å². The predicted octanol–water partition coefficient (Wildman–Crippen LogP) is 1.57. The average molecular weight is 140 g/mol. The Labute approximate surface area is 59.1 Å². The molecule has 0 fully saturated rings. The third kappa shape index (κ3) is 1.23. The van der Waals surface area contributed by atoms with Gasteiger partial charge in [0.25, 0.3) is 0 Å². The minimum atomic E-state index is -0.410. The van der Waals surface area contributed by atoms with Crippen molar-refractivity contribution in [3.8, 4) is 0 Å². The molecule has 1 N–H and O–H groups in total. The second-order valence-corrected chi connectivity index (χ2v) is 2.05. The number of hydrogen-bond donors (Lipinski definition) is 1. The highest BCUT2D eigenvalue weighted by atomic mass is 19.1. The van der Waals surface area contributed by atoms with Crippen molar-refractivity contribution in [1.82, 2.24) is 4.98 Å². The topological polar surface area (TPSA) is 24.9 Å². The van der Waals surface area contributed by atoms with Gasteiger partial charge in [-0.1, -0.05) is 6.07 Å². The van der Waals surface area contributed by atoms with Crippen LogP contribution in [0.4, 0.5) is 10.2 Å². The maximum absolute atomic E-state index is 12.6. The second kappa shape index (κ2) is 2.64. The molecule has 0 unspecified atom stereocenters. The summed E-state index contributed by atoms with van der Waals surface area (Å²) in [6, 6.07) is 3.42. The third-order valence-electron chi connectivity index (χ3n) is 1.29. The lowest BCUT2D eigenvalue weighted by Crippen LogP contribution is -1.95. The predicted molar refractivity (Wildman–Crippen MR) is 38.5 cm³/mol. The first kappa shape index (κ1) is 6.99. The monoisotopic (exact) mass is 140 g/mol. The first-order chi connectivity index (χ1) is 4.74. The number of nitrogens with one attached hydrogen (secondary N) is 1. The van der Waals surface area contributed by atoms with Gasteiger partial charge in [0.05, 0.1) is 0 Å². The standard InChI is InChI=1S/C7H9FN2/c1-5-3-4-6(9-2)10-7(5)8/h3-4H,1-2H3,(H,9,10). The molecule has 54 valence electrons. The Morgan fingerprint density at radius 1 is 1.50 bits per heavy atom. The van der Waals surface area contributed by atoms with Gasteiger partial charge in [-0.3, -0.25) is 0 Å². The van der Waals surface area contributed by atoms with Crippen LogP contribution in [0.5, 0.6) is 0 Å². The summed E-state index contributed by atoms with van der Waals surface area (Å²) in [6.45, 7) is 1.68. The number of rotatable bonds is 1. The number of pyridine rings is 1. The zero-order valence-electron chi connectivity index (χ0n) is 5.98. The van der Waals surface area contributed by atoms with E-state index < -0.39 is 5.95 Å². The van der Waals surface area contributed by atoms with Crippen molar-refractivity contribution >= 4 is 5.82 Å². The van der Waals surface area contributed by atoms with Crippen LogP contribution in [-0.2, 0) is 0 Å². The van der Waals surface area contributed by atoms with Gasteiger partial charge in [-0.2, -0.15) is 4.39 Å². The van der Waals surface area contributed by atoms with Gasteiger partial charge in [-0.25, -0.2) is 4.98 Å². The molecule has 3 heteroatoms. The Balaban J connectivity index is 3.04. The van der Waals surface area contributed by atoms with E-state index in [1.807, 2.05) is 0 Å². The number of halogens is 1. The SMILES string of the molecule is CNc1ccc(C)c(F)n1. The van der Waals surface area contributed by atoms with Crippen molar-refractivity contribution in [2.24, 2.45) is 0 Å². The zero-order valence-corrected chi connectivity index (χ0v) is 5.98. The highest BCUT2D eigenvalue weighted by Crippen LogP contribution is 2.06. The fraction of sp³-hybridized carbons (Fsp3) is 0.286. The smallest absolute Gasteiger partial charge is 0.217 e. The van der Waals surface area contributed by atoms with Crippen LogP contribution in [0.15, 0.2) is 12.1 Å². The van der Waals surface area contributed by atoms with Gasteiger partial charge in [-0.05, 0) is 13.0 Å². The Bertz CT molecular complexity index is 235. The lowest BCUT2D eigenvalue weighted by molar-refractivity contribution is 0.576. The van der Waals surface area contributed by atoms with Gasteiger partial charge in [0.1, 0.15) is 5.82 Å². The van der Waals surface area contributed by atoms with Gasteiger partial charge in [0, 0.05) is 12.6 Å². The van der Waals surface area contributed by atoms with Crippen LogP contribution in [0.3, 0.4) is 0 Å². The summed E-state index contributed by atoms with van der Waals surface area (Å²) in [5, 5.41) is 2.74. The molecule has 0 bridgehead atoms. The highest BCUT2D eigenvalue weighted by molar-refractivity contribution is 5.34. The number of aromatic nitrogens is 1. The molecule has 1 rings (SSSR count). The minimum absolute atomic E-state index is 0.410. The Morgan fingerprint density at radius 2 is 2.20 bits per heavy atom. The molecular formula is C7H9FN2. The van der Waals surface area contributed by atoms with E-state index in [-0.39, 0.29) is 0 Å². The van der Waals surface area contributed by atoms with Crippen LogP contribution in [0.2, 0.25) is 0 Å². The van der Waals surface area contributed by atoms with E-state index in [0.29, 0.717) is 11.4 Å². The van der Waals surface area contributed by atoms with Crippen LogP contribution < -0.4 is 5.32 Å². The molecule has 0 aromatic carbocycles. The van der Waals surface area contributed by atoms with Crippen LogP contribution in [0, 0.1) is 12.9 Å². The number of nitrogens with zero attached hydrogens (tertiary/aromatic N) is 1. The van der Waals surface area contributed by atoms with Gasteiger partial charge in [-0.15, -0.1) is 0 Å². The first-order valence-electron chi connectivity index (χ1n) is 3.05. The summed E-state index contributed by atoms with van der Waals surface area (Å²) in [5.74, 6) is 0.148. The van der Waals surface area contributed by atoms with Gasteiger partial charge >= 0.3 is 0 Å². The van der Waals surface area contributed by atoms with E-state index in [9.17, 15) is 4.39 Å². The van der Waals surface area contributed by atoms with E-state index in [4.69, 9.17) is 0 Å². The largest absolute Gasteiger partial charge is 0.373 e. The maximum Gasteiger partial charge on any atom is 0.217 e. The summed E-state index contributed by atoms with van der Waals surface area (Å²) in [5.41, 5.74) is 0.569. The van der Waals surface area contributed by atoms with Gasteiger partial charge in [0.15, 0.2) is 0 Å². The normalized spacial score (nSPS) is 9.50. The van der Waals surface area contributed by atoms with Gasteiger partial charge in [0.2, 0.25) is 5.95 Å². The van der Waals surface area contributed by atoms with E-state index in [0.717, 1.165) is 0 Å². The van der Waals surface area contributed by atoms with E-state index in [1.165, 1.54) is 0 Å². The number of aryl methyl sites for hydroxylation is 1. The lowest BCUT2D eigenvalue weighted by Gasteiger charge is -1.98. The van der Waals surface area contributed by atoms with Crippen molar-refractivity contribution < 1.29 is 4.39 Å². The molecule has 1 aromatic heterocycles. The summed E-state index contributed by atoms with van der Waals surface area (Å²) < 4.78 is 12.6. The molecule has 0 aliphatic rings. The molecule has 0 aliphatic carbocycles. The summed E-state index contributed by atoms with van der Waals surface area (Å²) in [4.78, 5) is 3.61. The average Bonchev–Trinajstić information content (AvgIpc) is 1.95. The molecule has 0 radical (unpaired) electrons. The van der Waals surface area contributed by atoms with Crippen molar-refractivity contribution in [1.29, 1.82) is 0 Å². The summed E-state index contributed by atoms with van der Waals surface area (Å²) >= 11 is 0. The summed E-state index contributed by atoms with van der Waals surface area (Å²) in [7, 11) is 1.71. The number of anilines is 1. The molecule has 10 heavy (non-hydrogen) atoms. The Hall–Kier alpha value is -1.12. The van der Waals surface area contributed by atoms with Crippen molar-refractivity contribution in [2.45, 2.75) is 6.92 Å². The van der Waals surface area contributed by atoms with E-state index in [2.05, 4.69) is 10.3 Å². The number of hydrogen-bond acceptors (Lipinski definition) is 2. The van der Waals surface area contributed by atoms with Crippen molar-refractivity contribution in [3.05, 3.63) is 23.6 Å². The molecule has 0 saturated heterocycles. The maximum atomic E-state index is 12.6. The Morgan fingerprint density at radius 3 is 2.70 bits per heavy atom. The second-order valence-electron chi connectivity index (χ2n) is 2.05. The Kier molecular flexibility index (Phi) is 1.85. The van der Waals surface area contributed by atoms with Crippen LogP contribution in [-0.4, -0.2) is 12.0 Å². The van der Waals surface area contributed by atoms with Gasteiger partial charge < -0.3 is 5.32 Å². The molecule has 0 aliphatic heterocycles. The first-order valence-corrected chi connectivity index (χ1v) is 3.05. The van der Waals surface area contributed by atoms with Crippen molar-refractivity contribution in [3.63, 3.8) is 0 Å². The third-order valence-corrected chi connectivity index (χ3v) is 1.29. The molecule has 1 heterocycles. The lowest BCUT2D eigenvalue weighted by atomic mass is 10.3. The molecule has 0 spiro atoms. The van der Waals surface area contributed by atoms with E-state index in [1.54, 1.807) is 26.1 Å². The molecule has 0 amide bonds. The van der Waals surface area contributed by atoms with Crippen LogP contribution >= 0.6 is 0 Å². The minimum Gasteiger partial charge on any atom is -0.373 e. The molecule has 0 atom stereocenters. The molecule has 1 aromatic rings. The quantitative estimate of drug-likeness (QED) is 0.599. The fourth-order valence-electron chi connectivity index (χ4n) is 0.643. The fourth-order valence-corrected chi connectivity index (χ4v) is 0.643. The molecule has 2 nitrogen and oxygen atoms in total.